The van der Waals surface area contributed by atoms with Gasteiger partial charge in [0, 0.05) is 12.6 Å². The largest absolute Gasteiger partial charge is 0.312 e. The molecule has 1 N–H and O–H groups in total. The van der Waals surface area contributed by atoms with E-state index in [0.29, 0.717) is 0 Å². The van der Waals surface area contributed by atoms with E-state index in [0.717, 1.165) is 17.9 Å². The van der Waals surface area contributed by atoms with Crippen molar-refractivity contribution >= 4 is 0 Å². The van der Waals surface area contributed by atoms with E-state index in [-0.39, 0.29) is 0 Å². The van der Waals surface area contributed by atoms with Gasteiger partial charge in [-0.1, -0.05) is 6.92 Å². The summed E-state index contributed by atoms with van der Waals surface area (Å²) in [6.07, 6.45) is 2.80. The maximum atomic E-state index is 3.66. The number of nitrogens with zero attached hydrogens (tertiary/aromatic N) is 1. The second kappa shape index (κ2) is 3.35. The molecule has 2 aliphatic rings. The van der Waals surface area contributed by atoms with E-state index in [1.807, 2.05) is 0 Å². The first kappa shape index (κ1) is 8.52. The molecular weight excluding hydrogens is 148 g/mol. The molecule has 2 nitrogen and oxygen atoms in total. The highest BCUT2D eigenvalue weighted by Crippen LogP contribution is 2.36. The van der Waals surface area contributed by atoms with Crippen LogP contribution in [0.5, 0.6) is 0 Å². The van der Waals surface area contributed by atoms with Gasteiger partial charge in [0.1, 0.15) is 0 Å². The third kappa shape index (κ3) is 1.99. The molecule has 1 aliphatic carbocycles. The van der Waals surface area contributed by atoms with Crippen LogP contribution in [0.25, 0.3) is 0 Å². The molecule has 0 aromatic carbocycles. The van der Waals surface area contributed by atoms with Crippen LogP contribution in [0.15, 0.2) is 0 Å². The van der Waals surface area contributed by atoms with Crippen LogP contribution in [0.4, 0.5) is 0 Å². The number of rotatable bonds is 3. The number of hydrogen-bond donors (Lipinski definition) is 1. The second-order valence-electron chi connectivity index (χ2n) is 4.63. The molecule has 1 saturated carbocycles. The fraction of sp³-hybridized carbons (Fsp3) is 1.00. The van der Waals surface area contributed by atoms with E-state index in [4.69, 9.17) is 0 Å². The van der Waals surface area contributed by atoms with Gasteiger partial charge in [-0.3, -0.25) is 0 Å². The second-order valence-corrected chi connectivity index (χ2v) is 4.63. The molecule has 0 aromatic heterocycles. The number of likely N-dealkylation sites (tertiary alicyclic amines) is 1. The molecule has 0 radical (unpaired) electrons. The molecule has 2 fully saturated rings. The van der Waals surface area contributed by atoms with Gasteiger partial charge in [-0.05, 0) is 44.8 Å². The molecule has 0 aromatic rings. The summed E-state index contributed by atoms with van der Waals surface area (Å²) in [7, 11) is 2.21. The summed E-state index contributed by atoms with van der Waals surface area (Å²) in [5.41, 5.74) is 0. The third-order valence-electron chi connectivity index (χ3n) is 3.34. The summed E-state index contributed by atoms with van der Waals surface area (Å²) < 4.78 is 0. The Hall–Kier alpha value is -0.0800. The molecular formula is C10H20N2. The van der Waals surface area contributed by atoms with Crippen LogP contribution >= 0.6 is 0 Å². The van der Waals surface area contributed by atoms with Gasteiger partial charge in [-0.25, -0.2) is 0 Å². The van der Waals surface area contributed by atoms with Crippen molar-refractivity contribution < 1.29 is 0 Å². The Labute approximate surface area is 75.3 Å². The van der Waals surface area contributed by atoms with Gasteiger partial charge >= 0.3 is 0 Å². The van der Waals surface area contributed by atoms with Gasteiger partial charge in [0.2, 0.25) is 0 Å². The fourth-order valence-corrected chi connectivity index (χ4v) is 2.10. The SMILES string of the molecule is CC1CC1CNC1CCN(C)C1. The molecule has 1 aliphatic heterocycles. The van der Waals surface area contributed by atoms with Crippen molar-refractivity contribution in [2.75, 3.05) is 26.7 Å². The molecule has 12 heavy (non-hydrogen) atoms. The van der Waals surface area contributed by atoms with Crippen molar-refractivity contribution in [3.05, 3.63) is 0 Å². The number of hydrogen-bond acceptors (Lipinski definition) is 2. The Bertz CT molecular complexity index is 158. The van der Waals surface area contributed by atoms with E-state index < -0.39 is 0 Å². The first-order valence-corrected chi connectivity index (χ1v) is 5.17. The van der Waals surface area contributed by atoms with Crippen molar-refractivity contribution in [2.45, 2.75) is 25.8 Å². The number of likely N-dealkylation sites (N-methyl/N-ethyl adjacent to an activating group) is 1. The molecule has 1 saturated heterocycles. The molecule has 3 unspecified atom stereocenters. The third-order valence-corrected chi connectivity index (χ3v) is 3.34. The molecule has 2 heteroatoms. The van der Waals surface area contributed by atoms with Crippen molar-refractivity contribution in [3.8, 4) is 0 Å². The van der Waals surface area contributed by atoms with E-state index >= 15 is 0 Å². The van der Waals surface area contributed by atoms with E-state index in [1.54, 1.807) is 0 Å². The van der Waals surface area contributed by atoms with Crippen LogP contribution in [0.2, 0.25) is 0 Å². The lowest BCUT2D eigenvalue weighted by molar-refractivity contribution is 0.395. The lowest BCUT2D eigenvalue weighted by Crippen LogP contribution is -2.33. The normalized spacial score (nSPS) is 42.0. The summed E-state index contributed by atoms with van der Waals surface area (Å²) in [6.45, 7) is 6.14. The van der Waals surface area contributed by atoms with Gasteiger partial charge in [0.25, 0.3) is 0 Å². The first-order valence-electron chi connectivity index (χ1n) is 5.17. The van der Waals surface area contributed by atoms with Crippen molar-refractivity contribution in [2.24, 2.45) is 11.8 Å². The van der Waals surface area contributed by atoms with Gasteiger partial charge in [0.15, 0.2) is 0 Å². The Morgan fingerprint density at radius 2 is 2.25 bits per heavy atom. The average molecular weight is 168 g/mol. The lowest BCUT2D eigenvalue weighted by Gasteiger charge is -2.11. The van der Waals surface area contributed by atoms with Gasteiger partial charge < -0.3 is 10.2 Å². The van der Waals surface area contributed by atoms with E-state index in [2.05, 4.69) is 24.2 Å². The highest BCUT2D eigenvalue weighted by atomic mass is 15.2. The van der Waals surface area contributed by atoms with Crippen LogP contribution in [-0.4, -0.2) is 37.6 Å². The Kier molecular flexibility index (Phi) is 2.37. The molecule has 2 rings (SSSR count). The van der Waals surface area contributed by atoms with Crippen LogP contribution in [0, 0.1) is 11.8 Å². The highest BCUT2D eigenvalue weighted by Gasteiger charge is 2.32. The monoisotopic (exact) mass is 168 g/mol. The van der Waals surface area contributed by atoms with Crippen molar-refractivity contribution in [3.63, 3.8) is 0 Å². The van der Waals surface area contributed by atoms with Crippen LogP contribution < -0.4 is 5.32 Å². The minimum Gasteiger partial charge on any atom is -0.312 e. The van der Waals surface area contributed by atoms with Gasteiger partial charge in [-0.2, -0.15) is 0 Å². The molecule has 0 spiro atoms. The molecule has 0 bridgehead atoms. The Balaban J connectivity index is 1.61. The Morgan fingerprint density at radius 3 is 2.75 bits per heavy atom. The standard InChI is InChI=1S/C10H20N2/c1-8-5-9(8)6-11-10-3-4-12(2)7-10/h8-11H,3-7H2,1-2H3. The van der Waals surface area contributed by atoms with Crippen molar-refractivity contribution in [1.29, 1.82) is 0 Å². The number of nitrogens with one attached hydrogen (secondary N) is 1. The first-order chi connectivity index (χ1) is 5.75. The summed E-state index contributed by atoms with van der Waals surface area (Å²) >= 11 is 0. The van der Waals surface area contributed by atoms with Crippen LogP contribution in [0.3, 0.4) is 0 Å². The van der Waals surface area contributed by atoms with E-state index in [9.17, 15) is 0 Å². The molecule has 0 amide bonds. The Morgan fingerprint density at radius 1 is 1.50 bits per heavy atom. The minimum atomic E-state index is 0.780. The maximum Gasteiger partial charge on any atom is 0.0207 e. The fourth-order valence-electron chi connectivity index (χ4n) is 2.10. The molecule has 1 heterocycles. The lowest BCUT2D eigenvalue weighted by atomic mass is 10.2. The predicted molar refractivity (Wildman–Crippen MR) is 51.2 cm³/mol. The van der Waals surface area contributed by atoms with Crippen LogP contribution in [-0.2, 0) is 0 Å². The van der Waals surface area contributed by atoms with E-state index in [1.165, 1.54) is 32.5 Å². The summed E-state index contributed by atoms with van der Waals surface area (Å²) in [5, 5.41) is 3.66. The zero-order chi connectivity index (χ0) is 8.55. The van der Waals surface area contributed by atoms with Crippen molar-refractivity contribution in [1.82, 2.24) is 10.2 Å². The molecule has 3 atom stereocenters. The topological polar surface area (TPSA) is 15.3 Å². The quantitative estimate of drug-likeness (QED) is 0.674. The predicted octanol–water partition coefficient (Wildman–Crippen LogP) is 0.936. The highest BCUT2D eigenvalue weighted by molar-refractivity contribution is 4.87. The summed E-state index contributed by atoms with van der Waals surface area (Å²) in [5.74, 6) is 1.99. The minimum absolute atomic E-state index is 0.780. The van der Waals surface area contributed by atoms with Gasteiger partial charge in [-0.15, -0.1) is 0 Å². The summed E-state index contributed by atoms with van der Waals surface area (Å²) in [6, 6.07) is 0.780. The maximum absolute atomic E-state index is 3.66. The molecule has 70 valence electrons. The average Bonchev–Trinajstić information content (AvgIpc) is 2.56. The zero-order valence-electron chi connectivity index (χ0n) is 8.21. The summed E-state index contributed by atoms with van der Waals surface area (Å²) in [4.78, 5) is 2.41. The van der Waals surface area contributed by atoms with Gasteiger partial charge in [0.05, 0.1) is 0 Å². The zero-order valence-corrected chi connectivity index (χ0v) is 8.21. The smallest absolute Gasteiger partial charge is 0.0207 e. The van der Waals surface area contributed by atoms with Crippen LogP contribution in [0.1, 0.15) is 19.8 Å².